The fourth-order valence-corrected chi connectivity index (χ4v) is 2.81. The van der Waals surface area contributed by atoms with Crippen molar-refractivity contribution in [1.82, 2.24) is 0 Å². The van der Waals surface area contributed by atoms with E-state index in [-0.39, 0.29) is 12.1 Å². The van der Waals surface area contributed by atoms with Gasteiger partial charge in [0.05, 0.1) is 0 Å². The van der Waals surface area contributed by atoms with Gasteiger partial charge in [-0.15, -0.1) is 11.6 Å². The van der Waals surface area contributed by atoms with Crippen LogP contribution in [-0.2, 0) is 15.4 Å². The van der Waals surface area contributed by atoms with Crippen LogP contribution in [0, 0.1) is 0 Å². The Morgan fingerprint density at radius 2 is 1.83 bits per heavy atom. The van der Waals surface area contributed by atoms with E-state index in [4.69, 9.17) is 16.3 Å². The van der Waals surface area contributed by atoms with E-state index in [1.807, 2.05) is 0 Å². The Bertz CT molecular complexity index is 391. The molecular weight excluding hydrogens is 248 g/mol. The summed E-state index contributed by atoms with van der Waals surface area (Å²) in [6, 6.07) is 8.55. The van der Waals surface area contributed by atoms with Crippen LogP contribution in [0.1, 0.15) is 49.7 Å². The predicted molar refractivity (Wildman–Crippen MR) is 72.8 cm³/mol. The van der Waals surface area contributed by atoms with Gasteiger partial charge in [0.15, 0.2) is 0 Å². The molecule has 2 rings (SSSR count). The molecule has 1 saturated carbocycles. The highest BCUT2D eigenvalue weighted by atomic mass is 35.5. The summed E-state index contributed by atoms with van der Waals surface area (Å²) in [6.07, 6.45) is 4.26. The minimum Gasteiger partial charge on any atom is -0.463 e. The van der Waals surface area contributed by atoms with Crippen molar-refractivity contribution in [2.75, 3.05) is 0 Å². The molecule has 0 saturated heterocycles. The summed E-state index contributed by atoms with van der Waals surface area (Å²) in [5, 5.41) is 0. The van der Waals surface area contributed by atoms with Crippen molar-refractivity contribution >= 4 is 17.6 Å². The van der Waals surface area contributed by atoms with Gasteiger partial charge < -0.3 is 4.74 Å². The molecule has 2 nitrogen and oxygen atoms in total. The summed E-state index contributed by atoms with van der Waals surface area (Å²) in [7, 11) is 0. The highest BCUT2D eigenvalue weighted by molar-refractivity contribution is 6.17. The van der Waals surface area contributed by atoms with Gasteiger partial charge in [0.1, 0.15) is 6.10 Å². The number of alkyl halides is 1. The molecule has 0 spiro atoms. The molecule has 18 heavy (non-hydrogen) atoms. The third-order valence-corrected chi connectivity index (χ3v) is 3.92. The second kappa shape index (κ2) is 6.24. The molecule has 0 atom stereocenters. The molecule has 0 amide bonds. The van der Waals surface area contributed by atoms with Crippen molar-refractivity contribution in [2.24, 2.45) is 0 Å². The number of halogens is 1. The summed E-state index contributed by atoms with van der Waals surface area (Å²) in [4.78, 5) is 10.9. The second-order valence-corrected chi connectivity index (χ2v) is 5.23. The average molecular weight is 267 g/mol. The van der Waals surface area contributed by atoms with Crippen molar-refractivity contribution in [2.45, 2.75) is 50.5 Å². The second-order valence-electron chi connectivity index (χ2n) is 4.96. The Hall–Kier alpha value is -1.02. The van der Waals surface area contributed by atoms with E-state index in [9.17, 15) is 4.79 Å². The molecule has 0 aliphatic heterocycles. The maximum Gasteiger partial charge on any atom is 0.302 e. The van der Waals surface area contributed by atoms with Crippen molar-refractivity contribution in [3.8, 4) is 0 Å². The van der Waals surface area contributed by atoms with Gasteiger partial charge in [0.2, 0.25) is 0 Å². The molecule has 3 heteroatoms. The topological polar surface area (TPSA) is 26.3 Å². The van der Waals surface area contributed by atoms with Gasteiger partial charge in [-0.3, -0.25) is 4.79 Å². The van der Waals surface area contributed by atoms with Crippen LogP contribution < -0.4 is 0 Å². The number of rotatable bonds is 3. The third-order valence-electron chi connectivity index (χ3n) is 3.61. The normalized spacial score (nSPS) is 23.7. The van der Waals surface area contributed by atoms with E-state index in [1.165, 1.54) is 12.5 Å². The van der Waals surface area contributed by atoms with E-state index in [2.05, 4.69) is 24.3 Å². The summed E-state index contributed by atoms with van der Waals surface area (Å²) < 4.78 is 5.26. The molecule has 0 N–H and O–H groups in total. The quantitative estimate of drug-likeness (QED) is 0.610. The van der Waals surface area contributed by atoms with E-state index < -0.39 is 0 Å². The molecule has 1 aromatic rings. The van der Waals surface area contributed by atoms with Gasteiger partial charge in [-0.1, -0.05) is 24.3 Å². The number of carbonyl (C=O) groups is 1. The lowest BCUT2D eigenvalue weighted by Crippen LogP contribution is -2.22. The Morgan fingerprint density at radius 1 is 1.22 bits per heavy atom. The molecule has 0 heterocycles. The zero-order chi connectivity index (χ0) is 13.0. The van der Waals surface area contributed by atoms with Gasteiger partial charge in [0.25, 0.3) is 0 Å². The van der Waals surface area contributed by atoms with Crippen LogP contribution in [0.15, 0.2) is 24.3 Å². The molecular formula is C15H19ClO2. The third kappa shape index (κ3) is 3.49. The first kappa shape index (κ1) is 13.4. The summed E-state index contributed by atoms with van der Waals surface area (Å²) in [5.74, 6) is 1.01. The first-order valence-electron chi connectivity index (χ1n) is 6.51. The lowest BCUT2D eigenvalue weighted by atomic mass is 9.82. The van der Waals surface area contributed by atoms with Crippen LogP contribution in [0.3, 0.4) is 0 Å². The molecule has 0 bridgehead atoms. The Kier molecular flexibility index (Phi) is 4.65. The lowest BCUT2D eigenvalue weighted by Gasteiger charge is -2.28. The first-order valence-corrected chi connectivity index (χ1v) is 7.04. The van der Waals surface area contributed by atoms with Crippen molar-refractivity contribution in [1.29, 1.82) is 0 Å². The summed E-state index contributed by atoms with van der Waals surface area (Å²) in [5.41, 5.74) is 2.54. The monoisotopic (exact) mass is 266 g/mol. The number of carbonyl (C=O) groups excluding carboxylic acids is 1. The van der Waals surface area contributed by atoms with Crippen molar-refractivity contribution < 1.29 is 9.53 Å². The van der Waals surface area contributed by atoms with E-state index in [1.54, 1.807) is 0 Å². The highest BCUT2D eigenvalue weighted by Crippen LogP contribution is 2.34. The predicted octanol–water partition coefficient (Wildman–Crippen LogP) is 4.01. The lowest BCUT2D eigenvalue weighted by molar-refractivity contribution is -0.147. The van der Waals surface area contributed by atoms with Crippen LogP contribution >= 0.6 is 11.6 Å². The molecule has 98 valence electrons. The molecule has 1 aromatic carbocycles. The SMILES string of the molecule is CC(=O)O[C@H]1CC[C@H](c2ccc(CCl)cc2)CC1. The Morgan fingerprint density at radius 3 is 2.33 bits per heavy atom. The molecule has 1 aliphatic rings. The maximum atomic E-state index is 10.9. The number of esters is 1. The zero-order valence-electron chi connectivity index (χ0n) is 10.7. The van der Waals surface area contributed by atoms with Crippen LogP contribution in [0.25, 0.3) is 0 Å². The highest BCUT2D eigenvalue weighted by Gasteiger charge is 2.23. The molecule has 1 aliphatic carbocycles. The fourth-order valence-electron chi connectivity index (χ4n) is 2.63. The van der Waals surface area contributed by atoms with E-state index >= 15 is 0 Å². The number of benzene rings is 1. The van der Waals surface area contributed by atoms with Crippen LogP contribution in [-0.4, -0.2) is 12.1 Å². The Labute approximate surface area is 113 Å². The van der Waals surface area contributed by atoms with Gasteiger partial charge in [-0.2, -0.15) is 0 Å². The minimum atomic E-state index is -0.162. The fraction of sp³-hybridized carbons (Fsp3) is 0.533. The van der Waals surface area contributed by atoms with Gasteiger partial charge >= 0.3 is 5.97 Å². The van der Waals surface area contributed by atoms with Gasteiger partial charge in [-0.05, 0) is 42.7 Å². The van der Waals surface area contributed by atoms with Gasteiger partial charge in [-0.25, -0.2) is 0 Å². The number of hydrogen-bond acceptors (Lipinski definition) is 2. The maximum absolute atomic E-state index is 10.9. The molecule has 0 radical (unpaired) electrons. The molecule has 0 unspecified atom stereocenters. The zero-order valence-corrected chi connectivity index (χ0v) is 11.5. The summed E-state index contributed by atoms with van der Waals surface area (Å²) in [6.45, 7) is 1.48. The number of hydrogen-bond donors (Lipinski definition) is 0. The van der Waals surface area contributed by atoms with Crippen LogP contribution in [0.4, 0.5) is 0 Å². The van der Waals surface area contributed by atoms with Crippen LogP contribution in [0.5, 0.6) is 0 Å². The minimum absolute atomic E-state index is 0.126. The smallest absolute Gasteiger partial charge is 0.302 e. The Balaban J connectivity index is 1.90. The van der Waals surface area contributed by atoms with Crippen molar-refractivity contribution in [3.05, 3.63) is 35.4 Å². The van der Waals surface area contributed by atoms with E-state index in [0.717, 1.165) is 31.2 Å². The van der Waals surface area contributed by atoms with E-state index in [0.29, 0.717) is 11.8 Å². The first-order chi connectivity index (χ1) is 8.69. The largest absolute Gasteiger partial charge is 0.463 e. The summed E-state index contributed by atoms with van der Waals surface area (Å²) >= 11 is 5.78. The van der Waals surface area contributed by atoms with Crippen LogP contribution in [0.2, 0.25) is 0 Å². The average Bonchev–Trinajstić information content (AvgIpc) is 2.39. The molecule has 1 fully saturated rings. The number of ether oxygens (including phenoxy) is 1. The van der Waals surface area contributed by atoms with Gasteiger partial charge in [0, 0.05) is 12.8 Å². The van der Waals surface area contributed by atoms with Crippen molar-refractivity contribution in [3.63, 3.8) is 0 Å². The standard InChI is InChI=1S/C15H19ClO2/c1-11(17)18-15-8-6-14(7-9-15)13-4-2-12(10-16)3-5-13/h2-5,14-15H,6-10H2,1H3/t14-,15-. The molecule has 0 aromatic heterocycles.